The topological polar surface area (TPSA) is 258 Å². The van der Waals surface area contributed by atoms with Gasteiger partial charge in [-0.1, -0.05) is 24.3 Å². The Morgan fingerprint density at radius 2 is 1.42 bits per heavy atom. The molecule has 0 unspecified atom stereocenters. The van der Waals surface area contributed by atoms with E-state index in [1.54, 1.807) is 55.5 Å². The summed E-state index contributed by atoms with van der Waals surface area (Å²) in [4.78, 5) is 96.3. The van der Waals surface area contributed by atoms with Gasteiger partial charge in [0, 0.05) is 26.7 Å². The van der Waals surface area contributed by atoms with E-state index in [9.17, 15) is 38.4 Å². The van der Waals surface area contributed by atoms with E-state index in [1.165, 1.54) is 13.8 Å². The Balaban J connectivity index is 0.000000380. The number of cyclic esters (lactones) is 1. The van der Waals surface area contributed by atoms with Gasteiger partial charge in [0.1, 0.15) is 36.8 Å². The highest BCUT2D eigenvalue weighted by Gasteiger charge is 2.39. The molecule has 55 heavy (non-hydrogen) atoms. The van der Waals surface area contributed by atoms with Gasteiger partial charge in [-0.05, 0) is 55.2 Å². The van der Waals surface area contributed by atoms with Gasteiger partial charge < -0.3 is 39.3 Å². The van der Waals surface area contributed by atoms with Crippen LogP contribution in [-0.2, 0) is 60.9 Å². The molecule has 2 atom stereocenters. The molecule has 0 bridgehead atoms. The molecule has 2 amide bonds. The average molecular weight is 767 g/mol. The Morgan fingerprint density at radius 3 is 1.93 bits per heavy atom. The molecule has 1 heterocycles. The summed E-state index contributed by atoms with van der Waals surface area (Å²) in [5, 5.41) is 2.34. The van der Waals surface area contributed by atoms with Gasteiger partial charge in [-0.2, -0.15) is 4.79 Å². The average Bonchev–Trinajstić information content (AvgIpc) is 3.51. The summed E-state index contributed by atoms with van der Waals surface area (Å²) >= 11 is 0. The van der Waals surface area contributed by atoms with Gasteiger partial charge in [-0.3, -0.25) is 24.1 Å². The Kier molecular flexibility index (Phi) is 18.9. The molecule has 1 N–H and O–H groups in total. The van der Waals surface area contributed by atoms with Crippen molar-refractivity contribution in [3.63, 3.8) is 0 Å². The zero-order chi connectivity index (χ0) is 40.8. The summed E-state index contributed by atoms with van der Waals surface area (Å²) < 4.78 is 33.2. The molecule has 19 heteroatoms. The molecule has 19 nitrogen and oxygen atoms in total. The van der Waals surface area contributed by atoms with Crippen molar-refractivity contribution in [2.75, 3.05) is 13.3 Å². The minimum Gasteiger partial charge on any atom is -0.464 e. The number of esters is 4. The lowest BCUT2D eigenvalue weighted by atomic mass is 10.1. The fourth-order valence-corrected chi connectivity index (χ4v) is 4.45. The number of carbonyl (C=O) groups excluding carboxylic acids is 8. The number of Topliss-reactive ketones (excluding diaryl/α,β-unsaturated/α-hetero) is 2. The highest BCUT2D eigenvalue weighted by Crippen LogP contribution is 2.19. The third-order valence-electron chi connectivity index (χ3n) is 6.97. The van der Waals surface area contributed by atoms with Crippen LogP contribution in [-0.4, -0.2) is 102 Å². The van der Waals surface area contributed by atoms with Crippen LogP contribution in [0.15, 0.2) is 48.5 Å². The number of nitrogens with zero attached hydrogens (tertiary/aromatic N) is 4. The predicted molar refractivity (Wildman–Crippen MR) is 189 cm³/mol. The SMILES string of the molecule is C=[N+]=CC(=O)CC[C@H]1C(=O)OCN1C(=O)OCc1ccc(OC(C)=O)cc1.CCOC(=O)[C@H](CCC(=O)C=[N+]=[N-])NC(=O)OCc1ccc(OC(C)=O)cc1. The van der Waals surface area contributed by atoms with Crippen LogP contribution in [0, 0.1) is 0 Å². The molecule has 1 fully saturated rings. The molecule has 0 spiro atoms. The molecule has 0 radical (unpaired) electrons. The summed E-state index contributed by atoms with van der Waals surface area (Å²) in [5.74, 6) is -2.25. The van der Waals surface area contributed by atoms with Crippen LogP contribution in [0.3, 0.4) is 0 Å². The number of alkyl carbamates (subject to hydrolysis) is 1. The van der Waals surface area contributed by atoms with Crippen molar-refractivity contribution in [2.24, 2.45) is 0 Å². The number of ketones is 2. The Morgan fingerprint density at radius 1 is 0.873 bits per heavy atom. The van der Waals surface area contributed by atoms with Crippen LogP contribution in [0.25, 0.3) is 5.53 Å². The standard InChI is InChI=1S/C18H21N3O7.C18H19N2O7/c1-3-26-17(24)16(9-6-14(23)10-20-19)21-18(25)27-11-13-4-7-15(8-5-13)28-12(2)22;1-12(21)27-15-6-3-13(4-7-15)10-25-18(24)20-11-26-17(23)16(20)8-5-14(22)9-19-2/h4-5,7-8,10,16H,3,6,9,11H2,1-2H3,(H,21,25);3-4,6-7,9,16H,2,5,8,10-11H2,1H3/q;+1/t2*16-/m00/s1. The van der Waals surface area contributed by atoms with Crippen LogP contribution in [0.5, 0.6) is 11.5 Å². The summed E-state index contributed by atoms with van der Waals surface area (Å²) in [6.45, 7) is 7.12. The third-order valence-corrected chi connectivity index (χ3v) is 6.97. The molecule has 0 aromatic heterocycles. The highest BCUT2D eigenvalue weighted by molar-refractivity contribution is 6.27. The number of ether oxygens (including phenoxy) is 6. The molecule has 2 aromatic carbocycles. The number of hydrogen-bond acceptors (Lipinski definition) is 14. The number of benzene rings is 2. The summed E-state index contributed by atoms with van der Waals surface area (Å²) in [6.07, 6.45) is 0.123. The molecule has 1 aliphatic rings. The number of amides is 2. The Hall–Kier alpha value is -6.97. The van der Waals surface area contributed by atoms with Gasteiger partial charge in [0.05, 0.1) is 6.61 Å². The second-order valence-corrected chi connectivity index (χ2v) is 11.2. The van der Waals surface area contributed by atoms with E-state index >= 15 is 0 Å². The van der Waals surface area contributed by atoms with Crippen molar-refractivity contribution in [3.8, 4) is 11.5 Å². The molecule has 0 saturated carbocycles. The minimum absolute atomic E-state index is 0.0280. The van der Waals surface area contributed by atoms with Crippen molar-refractivity contribution in [1.82, 2.24) is 14.9 Å². The first-order valence-corrected chi connectivity index (χ1v) is 16.5. The predicted octanol–water partition coefficient (Wildman–Crippen LogP) is 2.04. The molecular formula is C36H40N5O14+. The largest absolute Gasteiger partial charge is 0.464 e. The van der Waals surface area contributed by atoms with E-state index in [1.807, 2.05) is 0 Å². The molecule has 3 rings (SSSR count). The lowest BCUT2D eigenvalue weighted by molar-refractivity contribution is -0.146. The smallest absolute Gasteiger partial charge is 0.413 e. The summed E-state index contributed by atoms with van der Waals surface area (Å²) in [6, 6.07) is 10.8. The van der Waals surface area contributed by atoms with E-state index in [0.717, 1.165) is 11.1 Å². The molecular weight excluding hydrogens is 726 g/mol. The lowest BCUT2D eigenvalue weighted by Gasteiger charge is -2.19. The van der Waals surface area contributed by atoms with Gasteiger partial charge in [0.25, 0.3) is 6.72 Å². The van der Waals surface area contributed by atoms with Crippen LogP contribution in [0.2, 0.25) is 0 Å². The van der Waals surface area contributed by atoms with Gasteiger partial charge in [0.15, 0.2) is 6.73 Å². The molecule has 1 aliphatic heterocycles. The number of carbonyl (C=O) groups is 8. The van der Waals surface area contributed by atoms with Gasteiger partial charge in [-0.15, -0.1) is 4.67 Å². The number of hydrogen-bond donors (Lipinski definition) is 1. The fraction of sp³-hybridized carbons (Fsp3) is 0.361. The van der Waals surface area contributed by atoms with Crippen LogP contribution in [0.4, 0.5) is 9.59 Å². The molecule has 1 saturated heterocycles. The van der Waals surface area contributed by atoms with E-state index in [0.29, 0.717) is 28.8 Å². The van der Waals surface area contributed by atoms with Crippen LogP contribution in [0.1, 0.15) is 57.6 Å². The zero-order valence-electron chi connectivity index (χ0n) is 30.3. The number of rotatable bonds is 17. The van der Waals surface area contributed by atoms with Crippen molar-refractivity contribution in [1.29, 1.82) is 0 Å². The molecule has 292 valence electrons. The fourth-order valence-electron chi connectivity index (χ4n) is 4.45. The summed E-state index contributed by atoms with van der Waals surface area (Å²) in [7, 11) is 0. The van der Waals surface area contributed by atoms with E-state index in [2.05, 4.69) is 21.5 Å². The number of nitrogens with one attached hydrogen (secondary N) is 1. The lowest BCUT2D eigenvalue weighted by Crippen LogP contribution is -2.42. The maximum absolute atomic E-state index is 12.2. The highest BCUT2D eigenvalue weighted by atomic mass is 16.6. The van der Waals surface area contributed by atoms with Crippen molar-refractivity contribution >= 4 is 66.8 Å². The van der Waals surface area contributed by atoms with Gasteiger partial charge in [0.2, 0.25) is 11.6 Å². The first-order chi connectivity index (χ1) is 26.3. The van der Waals surface area contributed by atoms with Gasteiger partial charge >= 0.3 is 48.5 Å². The van der Waals surface area contributed by atoms with Crippen molar-refractivity contribution in [3.05, 3.63) is 65.2 Å². The normalized spacial score (nSPS) is 13.1. The summed E-state index contributed by atoms with van der Waals surface area (Å²) in [5.41, 5.74) is 9.62. The molecule has 0 aliphatic carbocycles. The Bertz CT molecular complexity index is 1800. The van der Waals surface area contributed by atoms with Crippen LogP contribution >= 0.6 is 0 Å². The monoisotopic (exact) mass is 766 g/mol. The van der Waals surface area contributed by atoms with Crippen molar-refractivity contribution < 1.29 is 71.6 Å². The third kappa shape index (κ3) is 16.9. The maximum Gasteiger partial charge on any atom is 0.413 e. The van der Waals surface area contributed by atoms with Crippen molar-refractivity contribution in [2.45, 2.75) is 71.8 Å². The maximum atomic E-state index is 12.2. The second kappa shape index (κ2) is 23.6. The zero-order valence-corrected chi connectivity index (χ0v) is 30.3. The molecule has 2 aromatic rings. The van der Waals surface area contributed by atoms with E-state index in [4.69, 9.17) is 34.0 Å². The van der Waals surface area contributed by atoms with Crippen LogP contribution < -0.4 is 19.5 Å². The van der Waals surface area contributed by atoms with E-state index in [-0.39, 0.29) is 58.0 Å². The first-order valence-electron chi connectivity index (χ1n) is 16.5. The Labute approximate surface area is 314 Å². The second-order valence-electron chi connectivity index (χ2n) is 11.2. The van der Waals surface area contributed by atoms with Gasteiger partial charge in [-0.25, -0.2) is 19.2 Å². The quantitative estimate of drug-likeness (QED) is 0.0604. The van der Waals surface area contributed by atoms with E-state index < -0.39 is 53.9 Å². The minimum atomic E-state index is -1.09. The first kappa shape index (κ1) is 44.2.